The lowest BCUT2D eigenvalue weighted by atomic mass is 9.69. The Morgan fingerprint density at radius 3 is 2.63 bits per heavy atom. The van der Waals surface area contributed by atoms with E-state index in [1.165, 1.54) is 6.07 Å². The molecule has 154 valence electrons. The van der Waals surface area contributed by atoms with E-state index in [1.54, 1.807) is 28.4 Å². The molecule has 0 fully saturated rings. The number of Topliss-reactive ketones (excluding diaryl/α,β-unsaturated/α-hetero) is 1. The summed E-state index contributed by atoms with van der Waals surface area (Å²) in [6.07, 6.45) is 0.936. The summed E-state index contributed by atoms with van der Waals surface area (Å²) in [6, 6.07) is 10.8. The molecule has 1 aliphatic heterocycles. The number of rotatable bonds is 2. The van der Waals surface area contributed by atoms with Crippen molar-refractivity contribution in [3.05, 3.63) is 73.0 Å². The van der Waals surface area contributed by atoms with E-state index in [9.17, 15) is 14.4 Å². The standard InChI is InChI=1S/C23H21BrFN3OS/c1-12-4-7-19(30-12)20-14(11-26)22(27)28(16-6-5-13(24)8-15(16)25)17-9-23(2,3)10-18(29)21(17)20/h4-8,20H,9-10,27H2,1-3H3. The largest absolute Gasteiger partial charge is 0.384 e. The number of allylic oxidation sites excluding steroid dienone is 3. The van der Waals surface area contributed by atoms with Gasteiger partial charge in [-0.1, -0.05) is 29.8 Å². The third-order valence-corrected chi connectivity index (χ3v) is 7.14. The first kappa shape index (κ1) is 20.8. The predicted octanol–water partition coefficient (Wildman–Crippen LogP) is 5.90. The van der Waals surface area contributed by atoms with Gasteiger partial charge in [0.15, 0.2) is 5.78 Å². The normalized spacial score (nSPS) is 21.0. The van der Waals surface area contributed by atoms with E-state index in [1.807, 2.05) is 32.9 Å². The molecular formula is C23H21BrFN3OS. The van der Waals surface area contributed by atoms with Crippen molar-refractivity contribution in [2.45, 2.75) is 39.5 Å². The number of anilines is 1. The molecule has 2 N–H and O–H groups in total. The molecule has 0 amide bonds. The van der Waals surface area contributed by atoms with Crippen LogP contribution in [0, 0.1) is 29.5 Å². The van der Waals surface area contributed by atoms with Gasteiger partial charge in [0, 0.05) is 31.9 Å². The third-order valence-electron chi connectivity index (χ3n) is 5.58. The van der Waals surface area contributed by atoms with Crippen LogP contribution in [0.25, 0.3) is 0 Å². The lowest BCUT2D eigenvalue weighted by Crippen LogP contribution is -2.42. The molecule has 1 unspecified atom stereocenters. The van der Waals surface area contributed by atoms with E-state index in [2.05, 4.69) is 22.0 Å². The summed E-state index contributed by atoms with van der Waals surface area (Å²) in [5.41, 5.74) is 7.99. The second kappa shape index (κ2) is 7.36. The quantitative estimate of drug-likeness (QED) is 0.574. The molecule has 1 atom stereocenters. The number of carbonyl (C=O) groups is 1. The van der Waals surface area contributed by atoms with E-state index < -0.39 is 11.7 Å². The van der Waals surface area contributed by atoms with E-state index in [-0.39, 0.29) is 28.3 Å². The van der Waals surface area contributed by atoms with Crippen LogP contribution in [0.3, 0.4) is 0 Å². The molecule has 4 nitrogen and oxygen atoms in total. The monoisotopic (exact) mass is 485 g/mol. The lowest BCUT2D eigenvalue weighted by molar-refractivity contribution is -0.118. The molecule has 4 rings (SSSR count). The Morgan fingerprint density at radius 2 is 2.03 bits per heavy atom. The Balaban J connectivity index is 2.02. The molecule has 2 aromatic rings. The molecule has 0 saturated heterocycles. The molecule has 0 radical (unpaired) electrons. The molecule has 30 heavy (non-hydrogen) atoms. The van der Waals surface area contributed by atoms with E-state index in [4.69, 9.17) is 5.73 Å². The maximum atomic E-state index is 15.0. The van der Waals surface area contributed by atoms with Crippen molar-refractivity contribution in [2.75, 3.05) is 4.90 Å². The number of hydrogen-bond acceptors (Lipinski definition) is 5. The van der Waals surface area contributed by atoms with E-state index >= 15 is 0 Å². The van der Waals surface area contributed by atoms with Crippen LogP contribution >= 0.6 is 27.3 Å². The maximum absolute atomic E-state index is 15.0. The summed E-state index contributed by atoms with van der Waals surface area (Å²) in [4.78, 5) is 16.9. The van der Waals surface area contributed by atoms with Crippen LogP contribution in [0.15, 0.2) is 57.5 Å². The number of carbonyl (C=O) groups excluding carboxylic acids is 1. The molecule has 1 aromatic heterocycles. The molecule has 1 aliphatic carbocycles. The highest BCUT2D eigenvalue weighted by Gasteiger charge is 2.45. The zero-order valence-electron chi connectivity index (χ0n) is 16.9. The summed E-state index contributed by atoms with van der Waals surface area (Å²) in [5.74, 6) is -0.820. The fourth-order valence-electron chi connectivity index (χ4n) is 4.34. The van der Waals surface area contributed by atoms with Gasteiger partial charge in [-0.2, -0.15) is 5.26 Å². The molecule has 0 spiro atoms. The first-order valence-corrected chi connectivity index (χ1v) is 11.2. The topological polar surface area (TPSA) is 70.1 Å². The minimum absolute atomic E-state index is 0.0138. The Bertz CT molecular complexity index is 1170. The van der Waals surface area contributed by atoms with Crippen LogP contribution in [-0.4, -0.2) is 5.78 Å². The molecule has 2 heterocycles. The number of benzene rings is 1. The van der Waals surface area contributed by atoms with Gasteiger partial charge in [-0.15, -0.1) is 11.3 Å². The SMILES string of the molecule is Cc1ccc(C2C(C#N)=C(N)N(c3ccc(Br)cc3F)C3=C2C(=O)CC(C)(C)C3)s1. The van der Waals surface area contributed by atoms with Crippen molar-refractivity contribution < 1.29 is 9.18 Å². The van der Waals surface area contributed by atoms with E-state index in [0.29, 0.717) is 28.6 Å². The van der Waals surface area contributed by atoms with Crippen LogP contribution < -0.4 is 10.6 Å². The molecule has 7 heteroatoms. The van der Waals surface area contributed by atoms with Gasteiger partial charge in [-0.3, -0.25) is 9.69 Å². The van der Waals surface area contributed by atoms with Crippen LogP contribution in [-0.2, 0) is 4.79 Å². The first-order chi connectivity index (χ1) is 14.1. The van der Waals surface area contributed by atoms with Crippen molar-refractivity contribution in [2.24, 2.45) is 11.1 Å². The van der Waals surface area contributed by atoms with Gasteiger partial charge in [-0.25, -0.2) is 4.39 Å². The van der Waals surface area contributed by atoms with Crippen LogP contribution in [0.4, 0.5) is 10.1 Å². The number of nitrogens with zero attached hydrogens (tertiary/aromatic N) is 2. The number of hydrogen-bond donors (Lipinski definition) is 1. The maximum Gasteiger partial charge on any atom is 0.162 e. The first-order valence-electron chi connectivity index (χ1n) is 9.60. The van der Waals surface area contributed by atoms with Gasteiger partial charge in [-0.05, 0) is 49.1 Å². The van der Waals surface area contributed by atoms with Crippen molar-refractivity contribution in [1.29, 1.82) is 5.26 Å². The average molecular weight is 486 g/mol. The van der Waals surface area contributed by atoms with Crippen LogP contribution in [0.2, 0.25) is 0 Å². The highest BCUT2D eigenvalue weighted by molar-refractivity contribution is 9.10. The Kier molecular flexibility index (Phi) is 5.11. The average Bonchev–Trinajstić information content (AvgIpc) is 3.07. The molecule has 2 aliphatic rings. The second-order valence-corrected chi connectivity index (χ2v) is 10.8. The fourth-order valence-corrected chi connectivity index (χ4v) is 5.67. The zero-order chi connectivity index (χ0) is 21.8. The zero-order valence-corrected chi connectivity index (χ0v) is 19.3. The highest BCUT2D eigenvalue weighted by Crippen LogP contribution is 2.51. The number of ketones is 1. The van der Waals surface area contributed by atoms with Gasteiger partial charge >= 0.3 is 0 Å². The molecule has 0 bridgehead atoms. The Hall–Kier alpha value is -2.43. The second-order valence-electron chi connectivity index (χ2n) is 8.52. The van der Waals surface area contributed by atoms with Crippen molar-refractivity contribution in [3.8, 4) is 6.07 Å². The summed E-state index contributed by atoms with van der Waals surface area (Å²) < 4.78 is 15.6. The van der Waals surface area contributed by atoms with Crippen LogP contribution in [0.5, 0.6) is 0 Å². The Morgan fingerprint density at radius 1 is 1.30 bits per heavy atom. The van der Waals surface area contributed by atoms with E-state index in [0.717, 1.165) is 9.75 Å². The lowest BCUT2D eigenvalue weighted by Gasteiger charge is -2.43. The van der Waals surface area contributed by atoms with Crippen molar-refractivity contribution in [3.63, 3.8) is 0 Å². The molecule has 1 aromatic carbocycles. The number of nitriles is 1. The molecular weight excluding hydrogens is 465 g/mol. The van der Waals surface area contributed by atoms with Gasteiger partial charge in [0.2, 0.25) is 0 Å². The minimum atomic E-state index is -0.512. The number of aryl methyl sites for hydroxylation is 1. The summed E-state index contributed by atoms with van der Waals surface area (Å²) in [6.45, 7) is 6.03. The van der Waals surface area contributed by atoms with Crippen LogP contribution in [0.1, 0.15) is 42.4 Å². The predicted molar refractivity (Wildman–Crippen MR) is 120 cm³/mol. The number of nitrogens with two attached hydrogens (primary N) is 1. The number of halogens is 2. The highest BCUT2D eigenvalue weighted by atomic mass is 79.9. The van der Waals surface area contributed by atoms with Crippen molar-refractivity contribution in [1.82, 2.24) is 0 Å². The smallest absolute Gasteiger partial charge is 0.162 e. The minimum Gasteiger partial charge on any atom is -0.384 e. The summed E-state index contributed by atoms with van der Waals surface area (Å²) >= 11 is 4.83. The van der Waals surface area contributed by atoms with Gasteiger partial charge in [0.25, 0.3) is 0 Å². The van der Waals surface area contributed by atoms with Gasteiger partial charge < -0.3 is 5.73 Å². The fraction of sp³-hybridized carbons (Fsp3) is 0.304. The van der Waals surface area contributed by atoms with Crippen molar-refractivity contribution >= 4 is 38.7 Å². The number of thiophene rings is 1. The summed E-state index contributed by atoms with van der Waals surface area (Å²) in [5, 5.41) is 10.0. The van der Waals surface area contributed by atoms with Gasteiger partial charge in [0.1, 0.15) is 11.6 Å². The third kappa shape index (κ3) is 3.38. The molecule has 0 saturated carbocycles. The Labute approximate surface area is 187 Å². The summed E-state index contributed by atoms with van der Waals surface area (Å²) in [7, 11) is 0. The van der Waals surface area contributed by atoms with Gasteiger partial charge in [0.05, 0.1) is 23.2 Å².